The number of carbonyl (C=O) groups is 1. The molecule has 0 fully saturated rings. The molecule has 4 nitrogen and oxygen atoms in total. The maximum Gasteiger partial charge on any atom is 1.00 e. The fraction of sp³-hybridized carbons (Fsp3) is 0.833. The molecule has 0 aromatic carbocycles. The van der Waals surface area contributed by atoms with Crippen molar-refractivity contribution in [1.29, 1.82) is 0 Å². The van der Waals surface area contributed by atoms with Crippen LogP contribution in [0.5, 0.6) is 0 Å². The van der Waals surface area contributed by atoms with E-state index in [1.807, 2.05) is 0 Å². The van der Waals surface area contributed by atoms with Gasteiger partial charge in [-0.1, -0.05) is 0 Å². The van der Waals surface area contributed by atoms with E-state index in [-0.39, 0.29) is 29.6 Å². The molecule has 0 atom stereocenters. The van der Waals surface area contributed by atoms with Gasteiger partial charge in [0.05, 0.1) is 0 Å². The van der Waals surface area contributed by atoms with Crippen LogP contribution in [0.25, 0.3) is 0 Å². The third-order valence-corrected chi connectivity index (χ3v) is 1.42. The van der Waals surface area contributed by atoms with Crippen molar-refractivity contribution in [2.75, 3.05) is 0 Å². The van der Waals surface area contributed by atoms with Crippen molar-refractivity contribution in [2.45, 2.75) is 30.6 Å². The molecule has 0 aliphatic rings. The van der Waals surface area contributed by atoms with Crippen LogP contribution in [-0.4, -0.2) is 36.6 Å². The first-order valence-electron chi connectivity index (χ1n) is 4.05. The van der Waals surface area contributed by atoms with Crippen LogP contribution in [0.1, 0.15) is 0 Å². The van der Waals surface area contributed by atoms with Gasteiger partial charge in [0.2, 0.25) is 0 Å². The molecule has 0 saturated heterocycles. The third-order valence-electron chi connectivity index (χ3n) is 1.42. The Morgan fingerprint density at radius 3 is 1.27 bits per heavy atom. The molecule has 0 aliphatic carbocycles. The molecule has 126 valence electrons. The Balaban J connectivity index is 0. The van der Waals surface area contributed by atoms with Crippen LogP contribution >= 0.6 is 0 Å². The zero-order chi connectivity index (χ0) is 17.5. The van der Waals surface area contributed by atoms with Crippen LogP contribution < -0.4 is 34.7 Å². The SMILES string of the molecule is O=C([O-])C(F)(F)OC(F)(F)C(F)(F)OC(F)(F)C(F)(F)F.[Na+]. The summed E-state index contributed by atoms with van der Waals surface area (Å²) in [4.78, 5) is 9.54. The van der Waals surface area contributed by atoms with Gasteiger partial charge in [-0.15, -0.1) is 0 Å². The number of aliphatic carboxylic acids is 1. The molecule has 22 heavy (non-hydrogen) atoms. The maximum absolute atomic E-state index is 12.4. The van der Waals surface area contributed by atoms with Gasteiger partial charge >= 0.3 is 60.2 Å². The van der Waals surface area contributed by atoms with Gasteiger partial charge in [0.15, 0.2) is 0 Å². The minimum atomic E-state index is -6.97. The number of carboxylic acids is 1. The van der Waals surface area contributed by atoms with Crippen LogP contribution in [-0.2, 0) is 14.3 Å². The van der Waals surface area contributed by atoms with Crippen molar-refractivity contribution in [2.24, 2.45) is 0 Å². The fourth-order valence-corrected chi connectivity index (χ4v) is 0.540. The predicted molar refractivity (Wildman–Crippen MR) is 33.0 cm³/mol. The number of carboxylic acid groups (broad SMARTS) is 1. The molecule has 0 N–H and O–H groups in total. The van der Waals surface area contributed by atoms with Crippen molar-refractivity contribution in [1.82, 2.24) is 0 Å². The van der Waals surface area contributed by atoms with Gasteiger partial charge in [-0.05, 0) is 0 Å². The van der Waals surface area contributed by atoms with Crippen LogP contribution in [0.3, 0.4) is 0 Å². The quantitative estimate of drug-likeness (QED) is 0.433. The Kier molecular flexibility index (Phi) is 7.19. The van der Waals surface area contributed by atoms with E-state index in [0.29, 0.717) is 0 Å². The smallest absolute Gasteiger partial charge is 0.542 e. The van der Waals surface area contributed by atoms with Gasteiger partial charge in [-0.2, -0.15) is 48.3 Å². The molecule has 0 spiro atoms. The summed E-state index contributed by atoms with van der Waals surface area (Å²) in [5, 5.41) is 9.54. The van der Waals surface area contributed by atoms with E-state index in [1.165, 1.54) is 4.74 Å². The minimum Gasteiger partial charge on any atom is -0.542 e. The zero-order valence-corrected chi connectivity index (χ0v) is 11.8. The second-order valence-electron chi connectivity index (χ2n) is 3.06. The monoisotopic (exact) mass is 368 g/mol. The van der Waals surface area contributed by atoms with Gasteiger partial charge in [-0.3, -0.25) is 0 Å². The summed E-state index contributed by atoms with van der Waals surface area (Å²) in [6.07, 6.45) is -33.7. The zero-order valence-electron chi connectivity index (χ0n) is 9.79. The van der Waals surface area contributed by atoms with Crippen LogP contribution in [0.4, 0.5) is 48.3 Å². The first-order valence-corrected chi connectivity index (χ1v) is 4.05. The van der Waals surface area contributed by atoms with Crippen molar-refractivity contribution in [3.8, 4) is 0 Å². The summed E-state index contributed by atoms with van der Waals surface area (Å²) in [7, 11) is 0. The van der Waals surface area contributed by atoms with Crippen molar-refractivity contribution in [3.63, 3.8) is 0 Å². The van der Waals surface area contributed by atoms with E-state index < -0.39 is 36.6 Å². The molecule has 0 radical (unpaired) electrons. The van der Waals surface area contributed by atoms with E-state index in [9.17, 15) is 58.2 Å². The Morgan fingerprint density at radius 2 is 1.00 bits per heavy atom. The standard InChI is InChI=1S/C6HF11O4.Na/c7-2(8,1(18)19)20-5(14,15)6(16,17)21-4(12,13)3(9,10)11;/h(H,18,19);/q;+1/p-1. The molecule has 0 rings (SSSR count). The molecule has 16 heteroatoms. The second-order valence-corrected chi connectivity index (χ2v) is 3.06. The van der Waals surface area contributed by atoms with Crippen LogP contribution in [0, 0.1) is 0 Å². The molecule has 0 heterocycles. The summed E-state index contributed by atoms with van der Waals surface area (Å²) >= 11 is 0. The Hall–Kier alpha value is -0.380. The number of hydrogen-bond donors (Lipinski definition) is 0. The summed E-state index contributed by atoms with van der Waals surface area (Å²) in [5.74, 6) is -3.79. The minimum absolute atomic E-state index is 0. The molecule has 0 aromatic rings. The van der Waals surface area contributed by atoms with Gasteiger partial charge in [-0.25, -0.2) is 9.47 Å². The number of ether oxygens (including phenoxy) is 2. The van der Waals surface area contributed by atoms with E-state index in [4.69, 9.17) is 0 Å². The van der Waals surface area contributed by atoms with Crippen molar-refractivity contribution < 1.29 is 97.2 Å². The fourth-order valence-electron chi connectivity index (χ4n) is 0.540. The molecule has 0 saturated carbocycles. The molecule has 0 bridgehead atoms. The third kappa shape index (κ3) is 5.36. The molecule has 0 aliphatic heterocycles. The average Bonchev–Trinajstić information content (AvgIpc) is 2.11. The largest absolute Gasteiger partial charge is 1.00 e. The number of hydrogen-bond acceptors (Lipinski definition) is 4. The molecule has 0 aromatic heterocycles. The maximum atomic E-state index is 12.4. The molecular weight excluding hydrogens is 368 g/mol. The summed E-state index contributed by atoms with van der Waals surface area (Å²) in [5.41, 5.74) is 0. The topological polar surface area (TPSA) is 58.6 Å². The average molecular weight is 368 g/mol. The molecule has 0 amide bonds. The summed E-state index contributed by atoms with van der Waals surface area (Å²) in [6.45, 7) is 0. The number of carbonyl (C=O) groups excluding carboxylic acids is 1. The normalized spacial score (nSPS) is 14.5. The van der Waals surface area contributed by atoms with E-state index in [1.54, 1.807) is 4.74 Å². The van der Waals surface area contributed by atoms with E-state index >= 15 is 0 Å². The second kappa shape index (κ2) is 6.62. The number of rotatable bonds is 6. The summed E-state index contributed by atoms with van der Waals surface area (Å²) < 4.78 is 135. The number of alkyl halides is 11. The van der Waals surface area contributed by atoms with Crippen LogP contribution in [0.15, 0.2) is 0 Å². The molecule has 0 unspecified atom stereocenters. The molecular formula is C6F11NaO4. The Labute approximate surface area is 134 Å². The predicted octanol–water partition coefficient (Wildman–Crippen LogP) is -1.29. The van der Waals surface area contributed by atoms with Gasteiger partial charge < -0.3 is 9.90 Å². The van der Waals surface area contributed by atoms with E-state index in [2.05, 4.69) is 0 Å². The first-order chi connectivity index (χ1) is 8.86. The number of halogens is 11. The van der Waals surface area contributed by atoms with Crippen molar-refractivity contribution in [3.05, 3.63) is 0 Å². The van der Waals surface area contributed by atoms with Crippen molar-refractivity contribution >= 4 is 5.97 Å². The Bertz CT molecular complexity index is 406. The summed E-state index contributed by atoms with van der Waals surface area (Å²) in [6, 6.07) is 0. The van der Waals surface area contributed by atoms with Gasteiger partial charge in [0.25, 0.3) is 0 Å². The van der Waals surface area contributed by atoms with E-state index in [0.717, 1.165) is 0 Å². The first kappa shape index (κ1) is 23.9. The van der Waals surface area contributed by atoms with Crippen LogP contribution in [0.2, 0.25) is 0 Å². The van der Waals surface area contributed by atoms with Gasteiger partial charge in [0, 0.05) is 0 Å². The Morgan fingerprint density at radius 1 is 0.682 bits per heavy atom. The van der Waals surface area contributed by atoms with Gasteiger partial charge in [0.1, 0.15) is 5.97 Å².